The maximum absolute atomic E-state index is 5.85. The van der Waals surface area contributed by atoms with E-state index in [4.69, 9.17) is 10.5 Å². The molecule has 0 saturated carbocycles. The Labute approximate surface area is 85.7 Å². The van der Waals surface area contributed by atoms with Gasteiger partial charge in [0.25, 0.3) is 0 Å². The fourth-order valence-corrected chi connectivity index (χ4v) is 2.19. The van der Waals surface area contributed by atoms with Crippen LogP contribution in [-0.2, 0) is 4.74 Å². The van der Waals surface area contributed by atoms with Gasteiger partial charge in [0, 0.05) is 32.3 Å². The van der Waals surface area contributed by atoms with Gasteiger partial charge in [-0.3, -0.25) is 0 Å². The molecular formula is C11H20N2O. The van der Waals surface area contributed by atoms with Crippen molar-refractivity contribution in [2.75, 3.05) is 26.3 Å². The minimum atomic E-state index is 0.221. The average Bonchev–Trinajstić information content (AvgIpc) is 2.67. The molecule has 3 N–H and O–H groups in total. The van der Waals surface area contributed by atoms with E-state index in [1.54, 1.807) is 0 Å². The van der Waals surface area contributed by atoms with Gasteiger partial charge in [-0.25, -0.2) is 0 Å². The van der Waals surface area contributed by atoms with Gasteiger partial charge in [-0.1, -0.05) is 11.6 Å². The first kappa shape index (κ1) is 10.1. The molecule has 1 fully saturated rings. The lowest BCUT2D eigenvalue weighted by Crippen LogP contribution is -2.37. The number of nitrogens with two attached hydrogens (primary N) is 1. The van der Waals surface area contributed by atoms with E-state index in [1.807, 2.05) is 0 Å². The molecule has 2 aliphatic rings. The normalized spacial score (nSPS) is 33.1. The molecule has 0 aromatic carbocycles. The molecule has 2 unspecified atom stereocenters. The maximum Gasteiger partial charge on any atom is 0.0495 e. The summed E-state index contributed by atoms with van der Waals surface area (Å²) in [5.74, 6) is 0.786. The summed E-state index contributed by atoms with van der Waals surface area (Å²) in [6, 6.07) is 0.221. The molecule has 0 amide bonds. The molecule has 0 radical (unpaired) electrons. The molecule has 0 aromatic rings. The minimum absolute atomic E-state index is 0.221. The SMILES string of the molecule is NC1C=C(CCC2CCOC2)CNC1. The minimum Gasteiger partial charge on any atom is -0.381 e. The number of ether oxygens (including phenoxy) is 1. The Morgan fingerprint density at radius 2 is 2.50 bits per heavy atom. The summed E-state index contributed by atoms with van der Waals surface area (Å²) >= 11 is 0. The Hall–Kier alpha value is -0.380. The van der Waals surface area contributed by atoms with E-state index in [9.17, 15) is 0 Å². The zero-order valence-corrected chi connectivity index (χ0v) is 8.67. The molecule has 2 atom stereocenters. The van der Waals surface area contributed by atoms with Gasteiger partial charge in [-0.15, -0.1) is 0 Å². The first-order chi connectivity index (χ1) is 6.84. The Balaban J connectivity index is 1.73. The summed E-state index contributed by atoms with van der Waals surface area (Å²) in [5, 5.41) is 3.34. The van der Waals surface area contributed by atoms with Crippen LogP contribution in [0.2, 0.25) is 0 Å². The topological polar surface area (TPSA) is 47.3 Å². The van der Waals surface area contributed by atoms with Crippen LogP contribution in [0, 0.1) is 5.92 Å². The van der Waals surface area contributed by atoms with Crippen molar-refractivity contribution in [3.8, 4) is 0 Å². The average molecular weight is 196 g/mol. The highest BCUT2D eigenvalue weighted by atomic mass is 16.5. The smallest absolute Gasteiger partial charge is 0.0495 e. The molecule has 80 valence electrons. The molecule has 2 aliphatic heterocycles. The fourth-order valence-electron chi connectivity index (χ4n) is 2.19. The second-order valence-corrected chi connectivity index (χ2v) is 4.39. The van der Waals surface area contributed by atoms with E-state index in [0.29, 0.717) is 0 Å². The summed E-state index contributed by atoms with van der Waals surface area (Å²) in [6.45, 7) is 3.88. The highest BCUT2D eigenvalue weighted by Gasteiger charge is 2.16. The van der Waals surface area contributed by atoms with Gasteiger partial charge >= 0.3 is 0 Å². The summed E-state index contributed by atoms with van der Waals surface area (Å²) in [4.78, 5) is 0. The number of nitrogens with one attached hydrogen (secondary N) is 1. The van der Waals surface area contributed by atoms with Crippen LogP contribution in [0.3, 0.4) is 0 Å². The Kier molecular flexibility index (Phi) is 3.56. The van der Waals surface area contributed by atoms with Crippen molar-refractivity contribution in [2.24, 2.45) is 11.7 Å². The molecule has 3 nitrogen and oxygen atoms in total. The highest BCUT2D eigenvalue weighted by Crippen LogP contribution is 2.21. The van der Waals surface area contributed by atoms with Crippen molar-refractivity contribution in [1.29, 1.82) is 0 Å². The van der Waals surface area contributed by atoms with Crippen molar-refractivity contribution < 1.29 is 4.74 Å². The maximum atomic E-state index is 5.85. The van der Waals surface area contributed by atoms with Gasteiger partial charge < -0.3 is 15.8 Å². The van der Waals surface area contributed by atoms with Crippen LogP contribution in [0.1, 0.15) is 19.3 Å². The third-order valence-electron chi connectivity index (χ3n) is 3.08. The summed E-state index contributed by atoms with van der Waals surface area (Å²) in [5.41, 5.74) is 7.33. The number of rotatable bonds is 3. The van der Waals surface area contributed by atoms with E-state index in [-0.39, 0.29) is 6.04 Å². The second-order valence-electron chi connectivity index (χ2n) is 4.39. The van der Waals surface area contributed by atoms with Crippen LogP contribution in [0.25, 0.3) is 0 Å². The lowest BCUT2D eigenvalue weighted by molar-refractivity contribution is 0.184. The molecular weight excluding hydrogens is 176 g/mol. The molecule has 0 spiro atoms. The second kappa shape index (κ2) is 4.91. The van der Waals surface area contributed by atoms with Crippen molar-refractivity contribution in [3.05, 3.63) is 11.6 Å². The van der Waals surface area contributed by atoms with E-state index in [1.165, 1.54) is 24.8 Å². The summed E-state index contributed by atoms with van der Waals surface area (Å²) in [7, 11) is 0. The van der Waals surface area contributed by atoms with Crippen LogP contribution < -0.4 is 11.1 Å². The van der Waals surface area contributed by atoms with Gasteiger partial charge in [-0.05, 0) is 25.2 Å². The summed E-state index contributed by atoms with van der Waals surface area (Å²) in [6.07, 6.45) is 5.92. The largest absolute Gasteiger partial charge is 0.381 e. The van der Waals surface area contributed by atoms with Gasteiger partial charge in [-0.2, -0.15) is 0 Å². The first-order valence-corrected chi connectivity index (χ1v) is 5.58. The van der Waals surface area contributed by atoms with Crippen LogP contribution in [0.5, 0.6) is 0 Å². The highest BCUT2D eigenvalue weighted by molar-refractivity contribution is 5.12. The van der Waals surface area contributed by atoms with Crippen LogP contribution in [-0.4, -0.2) is 32.3 Å². The monoisotopic (exact) mass is 196 g/mol. The molecule has 2 heterocycles. The standard InChI is InChI=1S/C11H20N2O/c12-11-5-10(6-13-7-11)2-1-9-3-4-14-8-9/h5,9,11,13H,1-4,6-8,12H2. The third-order valence-corrected chi connectivity index (χ3v) is 3.08. The third kappa shape index (κ3) is 2.80. The van der Waals surface area contributed by atoms with E-state index in [2.05, 4.69) is 11.4 Å². The van der Waals surface area contributed by atoms with E-state index < -0.39 is 0 Å². The van der Waals surface area contributed by atoms with Crippen molar-refractivity contribution in [3.63, 3.8) is 0 Å². The zero-order chi connectivity index (χ0) is 9.80. The molecule has 0 aromatic heterocycles. The molecule has 1 saturated heterocycles. The fraction of sp³-hybridized carbons (Fsp3) is 0.818. The van der Waals surface area contributed by atoms with Gasteiger partial charge in [0.1, 0.15) is 0 Å². The molecule has 2 rings (SSSR count). The summed E-state index contributed by atoms with van der Waals surface area (Å²) < 4.78 is 5.36. The molecule has 14 heavy (non-hydrogen) atoms. The quantitative estimate of drug-likeness (QED) is 0.652. The van der Waals surface area contributed by atoms with E-state index >= 15 is 0 Å². The van der Waals surface area contributed by atoms with Crippen molar-refractivity contribution in [2.45, 2.75) is 25.3 Å². The predicted octanol–water partition coefficient (Wildman–Crippen LogP) is 0.660. The number of hydrogen-bond acceptors (Lipinski definition) is 3. The van der Waals surface area contributed by atoms with E-state index in [0.717, 1.165) is 32.2 Å². The predicted molar refractivity (Wildman–Crippen MR) is 57.1 cm³/mol. The van der Waals surface area contributed by atoms with Gasteiger partial charge in [0.15, 0.2) is 0 Å². The van der Waals surface area contributed by atoms with Gasteiger partial charge in [0.2, 0.25) is 0 Å². The van der Waals surface area contributed by atoms with Crippen molar-refractivity contribution >= 4 is 0 Å². The van der Waals surface area contributed by atoms with Crippen LogP contribution in [0.4, 0.5) is 0 Å². The van der Waals surface area contributed by atoms with Crippen LogP contribution >= 0.6 is 0 Å². The molecule has 0 aliphatic carbocycles. The Bertz CT molecular complexity index is 209. The first-order valence-electron chi connectivity index (χ1n) is 5.58. The van der Waals surface area contributed by atoms with Crippen molar-refractivity contribution in [1.82, 2.24) is 5.32 Å². The molecule has 0 bridgehead atoms. The lowest BCUT2D eigenvalue weighted by atomic mass is 9.96. The molecule has 3 heteroatoms. The lowest BCUT2D eigenvalue weighted by Gasteiger charge is -2.20. The van der Waals surface area contributed by atoms with Crippen LogP contribution in [0.15, 0.2) is 11.6 Å². The Morgan fingerprint density at radius 3 is 3.21 bits per heavy atom. The number of hydrogen-bond donors (Lipinski definition) is 2. The van der Waals surface area contributed by atoms with Gasteiger partial charge in [0.05, 0.1) is 0 Å². The Morgan fingerprint density at radius 1 is 1.57 bits per heavy atom. The zero-order valence-electron chi connectivity index (χ0n) is 8.67.